The van der Waals surface area contributed by atoms with Crippen molar-refractivity contribution in [3.05, 3.63) is 22.4 Å². The van der Waals surface area contributed by atoms with Crippen LogP contribution in [-0.2, 0) is 9.59 Å². The number of nitrogens with one attached hydrogen (secondary N) is 2. The highest BCUT2D eigenvalue weighted by Crippen LogP contribution is 2.06. The average Bonchev–Trinajstić information content (AvgIpc) is 2.76. The molecule has 1 aromatic rings. The number of carbonyl (C=O) groups is 3. The van der Waals surface area contributed by atoms with Crippen LogP contribution in [0.3, 0.4) is 0 Å². The van der Waals surface area contributed by atoms with Gasteiger partial charge in [-0.1, -0.05) is 6.07 Å². The molecule has 0 atom stereocenters. The first-order chi connectivity index (χ1) is 7.59. The Kier molecular flexibility index (Phi) is 4.46. The number of carboxylic acids is 1. The Labute approximate surface area is 95.2 Å². The molecule has 0 aromatic carbocycles. The summed E-state index contributed by atoms with van der Waals surface area (Å²) in [6, 6.07) is 3.31. The summed E-state index contributed by atoms with van der Waals surface area (Å²) in [5.41, 5.74) is 4.27. The van der Waals surface area contributed by atoms with E-state index in [0.717, 1.165) is 0 Å². The van der Waals surface area contributed by atoms with Crippen molar-refractivity contribution in [1.29, 1.82) is 0 Å². The lowest BCUT2D eigenvalue weighted by atomic mass is 10.3. The largest absolute Gasteiger partial charge is 0.550 e. The summed E-state index contributed by atoms with van der Waals surface area (Å²) in [7, 11) is 0. The van der Waals surface area contributed by atoms with Crippen molar-refractivity contribution in [1.82, 2.24) is 10.9 Å². The van der Waals surface area contributed by atoms with E-state index in [9.17, 15) is 19.5 Å². The summed E-state index contributed by atoms with van der Waals surface area (Å²) < 4.78 is 0. The molecule has 6 nitrogen and oxygen atoms in total. The van der Waals surface area contributed by atoms with E-state index in [0.29, 0.717) is 4.88 Å². The maximum Gasteiger partial charge on any atom is 0.279 e. The standard InChI is InChI=1S/C9H10N2O4S/c12-7(3-4-8(13)14)10-11-9(15)6-2-1-5-16-6/h1-2,5H,3-4H2,(H,10,12)(H,11,15)(H,13,14)/p-1. The molecule has 0 fully saturated rings. The predicted molar refractivity (Wildman–Crippen MR) is 54.2 cm³/mol. The van der Waals surface area contributed by atoms with Crippen LogP contribution in [0.5, 0.6) is 0 Å². The Morgan fingerprint density at radius 2 is 2.00 bits per heavy atom. The minimum absolute atomic E-state index is 0.229. The first-order valence-corrected chi connectivity index (χ1v) is 5.30. The molecule has 0 saturated carbocycles. The maximum absolute atomic E-state index is 11.3. The van der Waals surface area contributed by atoms with Gasteiger partial charge in [0.25, 0.3) is 5.91 Å². The van der Waals surface area contributed by atoms with Gasteiger partial charge in [0, 0.05) is 12.4 Å². The van der Waals surface area contributed by atoms with Gasteiger partial charge >= 0.3 is 0 Å². The number of hydrogen-bond acceptors (Lipinski definition) is 5. The van der Waals surface area contributed by atoms with Gasteiger partial charge in [-0.05, 0) is 17.9 Å². The first kappa shape index (κ1) is 12.2. The van der Waals surface area contributed by atoms with E-state index in [1.165, 1.54) is 11.3 Å². The fraction of sp³-hybridized carbons (Fsp3) is 0.222. The number of hydrazine groups is 1. The molecular formula is C9H9N2O4S-. The van der Waals surface area contributed by atoms with Gasteiger partial charge in [0.2, 0.25) is 5.91 Å². The van der Waals surface area contributed by atoms with E-state index in [1.807, 2.05) is 0 Å². The SMILES string of the molecule is O=C([O-])CCC(=O)NNC(=O)c1cccs1. The summed E-state index contributed by atoms with van der Waals surface area (Å²) in [5, 5.41) is 11.8. The Hall–Kier alpha value is -1.89. The molecule has 1 rings (SSSR count). The molecule has 0 saturated heterocycles. The third-order valence-corrected chi connectivity index (χ3v) is 2.49. The van der Waals surface area contributed by atoms with Crippen LogP contribution in [0, 0.1) is 0 Å². The van der Waals surface area contributed by atoms with Crippen molar-refractivity contribution in [2.75, 3.05) is 0 Å². The van der Waals surface area contributed by atoms with Crippen molar-refractivity contribution in [2.45, 2.75) is 12.8 Å². The van der Waals surface area contributed by atoms with Gasteiger partial charge in [-0.3, -0.25) is 20.4 Å². The van der Waals surface area contributed by atoms with Crippen LogP contribution < -0.4 is 16.0 Å². The third kappa shape index (κ3) is 4.09. The van der Waals surface area contributed by atoms with Gasteiger partial charge in [-0.25, -0.2) is 0 Å². The molecule has 0 unspecified atom stereocenters. The van der Waals surface area contributed by atoms with E-state index in [2.05, 4.69) is 10.9 Å². The second-order valence-corrected chi connectivity index (χ2v) is 3.80. The van der Waals surface area contributed by atoms with Crippen molar-refractivity contribution in [3.8, 4) is 0 Å². The molecule has 2 N–H and O–H groups in total. The lowest BCUT2D eigenvalue weighted by molar-refractivity contribution is -0.305. The Balaban J connectivity index is 2.27. The normalized spacial score (nSPS) is 9.50. The fourth-order valence-electron chi connectivity index (χ4n) is 0.874. The molecule has 7 heteroatoms. The predicted octanol–water partition coefficient (Wildman–Crippen LogP) is -0.961. The smallest absolute Gasteiger partial charge is 0.279 e. The molecule has 2 amide bonds. The summed E-state index contributed by atoms with van der Waals surface area (Å²) in [6.07, 6.45) is -0.603. The highest BCUT2D eigenvalue weighted by Gasteiger charge is 2.07. The van der Waals surface area contributed by atoms with E-state index in [-0.39, 0.29) is 12.8 Å². The van der Waals surface area contributed by atoms with Crippen molar-refractivity contribution >= 4 is 29.1 Å². The van der Waals surface area contributed by atoms with Crippen LogP contribution >= 0.6 is 11.3 Å². The second-order valence-electron chi connectivity index (χ2n) is 2.85. The third-order valence-electron chi connectivity index (χ3n) is 1.62. The number of aliphatic carboxylic acids is 1. The van der Waals surface area contributed by atoms with Gasteiger partial charge in [0.15, 0.2) is 0 Å². The zero-order valence-electron chi connectivity index (χ0n) is 8.19. The average molecular weight is 241 g/mol. The van der Waals surface area contributed by atoms with Crippen molar-refractivity contribution < 1.29 is 19.5 Å². The quantitative estimate of drug-likeness (QED) is 0.663. The topological polar surface area (TPSA) is 98.3 Å². The summed E-state index contributed by atoms with van der Waals surface area (Å²) in [5.74, 6) is -2.31. The van der Waals surface area contributed by atoms with Crippen LogP contribution in [0.1, 0.15) is 22.5 Å². The van der Waals surface area contributed by atoms with E-state index >= 15 is 0 Å². The lowest BCUT2D eigenvalue weighted by Gasteiger charge is -2.06. The molecule has 1 aromatic heterocycles. The number of carbonyl (C=O) groups excluding carboxylic acids is 3. The summed E-state index contributed by atoms with van der Waals surface area (Å²) >= 11 is 1.23. The number of amides is 2. The van der Waals surface area contributed by atoms with Crippen molar-refractivity contribution in [2.24, 2.45) is 0 Å². The number of rotatable bonds is 4. The minimum atomic E-state index is -1.31. The Morgan fingerprint density at radius 1 is 1.25 bits per heavy atom. The van der Waals surface area contributed by atoms with Gasteiger partial charge in [-0.15, -0.1) is 11.3 Å². The monoisotopic (exact) mass is 241 g/mol. The van der Waals surface area contributed by atoms with E-state index in [4.69, 9.17) is 0 Å². The van der Waals surface area contributed by atoms with Gasteiger partial charge in [-0.2, -0.15) is 0 Å². The fourth-order valence-corrected chi connectivity index (χ4v) is 1.49. The van der Waals surface area contributed by atoms with Gasteiger partial charge in [0.1, 0.15) is 0 Å². The van der Waals surface area contributed by atoms with Gasteiger partial charge in [0.05, 0.1) is 4.88 Å². The zero-order chi connectivity index (χ0) is 12.0. The van der Waals surface area contributed by atoms with E-state index in [1.54, 1.807) is 17.5 Å². The van der Waals surface area contributed by atoms with Gasteiger partial charge < -0.3 is 9.90 Å². The van der Waals surface area contributed by atoms with Crippen molar-refractivity contribution in [3.63, 3.8) is 0 Å². The maximum atomic E-state index is 11.3. The zero-order valence-corrected chi connectivity index (χ0v) is 9.00. The molecule has 0 aliphatic carbocycles. The van der Waals surface area contributed by atoms with Crippen LogP contribution in [0.25, 0.3) is 0 Å². The molecule has 0 radical (unpaired) electrons. The molecule has 1 heterocycles. The molecule has 86 valence electrons. The molecule has 0 spiro atoms. The molecule has 16 heavy (non-hydrogen) atoms. The van der Waals surface area contributed by atoms with Crippen LogP contribution in [0.15, 0.2) is 17.5 Å². The van der Waals surface area contributed by atoms with Crippen LogP contribution in [0.2, 0.25) is 0 Å². The number of hydrogen-bond donors (Lipinski definition) is 2. The number of carboxylic acid groups (broad SMARTS) is 1. The second kappa shape index (κ2) is 5.86. The Bertz CT molecular complexity index is 388. The minimum Gasteiger partial charge on any atom is -0.550 e. The summed E-state index contributed by atoms with van der Waals surface area (Å²) in [4.78, 5) is 32.8. The first-order valence-electron chi connectivity index (χ1n) is 4.42. The Morgan fingerprint density at radius 3 is 2.56 bits per heavy atom. The highest BCUT2D eigenvalue weighted by molar-refractivity contribution is 7.12. The molecule has 0 aliphatic heterocycles. The summed E-state index contributed by atoms with van der Waals surface area (Å²) in [6.45, 7) is 0. The lowest BCUT2D eigenvalue weighted by Crippen LogP contribution is -2.41. The number of thiophene rings is 1. The van der Waals surface area contributed by atoms with Crippen LogP contribution in [-0.4, -0.2) is 17.8 Å². The van der Waals surface area contributed by atoms with E-state index < -0.39 is 17.8 Å². The molecule has 0 aliphatic rings. The highest BCUT2D eigenvalue weighted by atomic mass is 32.1. The molecular weight excluding hydrogens is 232 g/mol. The molecule has 0 bridgehead atoms. The van der Waals surface area contributed by atoms with Crippen LogP contribution in [0.4, 0.5) is 0 Å².